The predicted molar refractivity (Wildman–Crippen MR) is 77.6 cm³/mol. The lowest BCUT2D eigenvalue weighted by molar-refractivity contribution is -0.137. The molecule has 0 bridgehead atoms. The zero-order chi connectivity index (χ0) is 15.6. The van der Waals surface area contributed by atoms with Crippen molar-refractivity contribution in [3.05, 3.63) is 63.4 Å². The standard InChI is InChI=1S/C15H12BrF4N/c1-9-2-3-13(7-14(9)16)21-8-10-4-11(15(18,19)20)6-12(17)5-10/h2-7,21H,8H2,1H3. The molecule has 6 heteroatoms. The highest BCUT2D eigenvalue weighted by atomic mass is 79.9. The molecule has 0 aliphatic heterocycles. The van der Waals surface area contributed by atoms with Gasteiger partial charge in [-0.05, 0) is 48.4 Å². The first-order chi connectivity index (χ1) is 9.75. The summed E-state index contributed by atoms with van der Waals surface area (Å²) in [5, 5.41) is 2.97. The van der Waals surface area contributed by atoms with E-state index < -0.39 is 17.6 Å². The number of aryl methyl sites for hydroxylation is 1. The molecule has 0 unspecified atom stereocenters. The third-order valence-electron chi connectivity index (χ3n) is 2.95. The van der Waals surface area contributed by atoms with Gasteiger partial charge in [0.2, 0.25) is 0 Å². The van der Waals surface area contributed by atoms with Crippen molar-refractivity contribution in [2.45, 2.75) is 19.6 Å². The second-order valence-electron chi connectivity index (χ2n) is 4.66. The van der Waals surface area contributed by atoms with Gasteiger partial charge in [0.1, 0.15) is 5.82 Å². The molecular weight excluding hydrogens is 350 g/mol. The van der Waals surface area contributed by atoms with Crippen LogP contribution in [0.1, 0.15) is 16.7 Å². The number of rotatable bonds is 3. The first-order valence-corrected chi connectivity index (χ1v) is 6.92. The normalized spacial score (nSPS) is 11.5. The van der Waals surface area contributed by atoms with Crippen molar-refractivity contribution in [2.24, 2.45) is 0 Å². The van der Waals surface area contributed by atoms with E-state index in [9.17, 15) is 17.6 Å². The molecule has 0 amide bonds. The van der Waals surface area contributed by atoms with E-state index in [4.69, 9.17) is 0 Å². The molecule has 112 valence electrons. The number of nitrogens with one attached hydrogen (secondary N) is 1. The van der Waals surface area contributed by atoms with Crippen molar-refractivity contribution >= 4 is 21.6 Å². The average molecular weight is 362 g/mol. The van der Waals surface area contributed by atoms with Crippen LogP contribution in [0.5, 0.6) is 0 Å². The van der Waals surface area contributed by atoms with Crippen LogP contribution in [0.25, 0.3) is 0 Å². The number of benzene rings is 2. The van der Waals surface area contributed by atoms with Crippen LogP contribution in [0.3, 0.4) is 0 Å². The molecule has 0 atom stereocenters. The lowest BCUT2D eigenvalue weighted by Crippen LogP contribution is -2.08. The van der Waals surface area contributed by atoms with Gasteiger partial charge in [0.25, 0.3) is 0 Å². The summed E-state index contributed by atoms with van der Waals surface area (Å²) < 4.78 is 52.0. The summed E-state index contributed by atoms with van der Waals surface area (Å²) in [5.74, 6) is -0.897. The number of halogens is 5. The van der Waals surface area contributed by atoms with Crippen LogP contribution in [0.4, 0.5) is 23.2 Å². The Bertz CT molecular complexity index is 653. The predicted octanol–water partition coefficient (Wildman–Crippen LogP) is 5.53. The monoisotopic (exact) mass is 361 g/mol. The first kappa shape index (κ1) is 15.8. The van der Waals surface area contributed by atoms with Crippen molar-refractivity contribution < 1.29 is 17.6 Å². The van der Waals surface area contributed by atoms with E-state index in [0.29, 0.717) is 6.07 Å². The molecule has 0 aliphatic carbocycles. The molecule has 0 saturated carbocycles. The Morgan fingerprint density at radius 3 is 2.43 bits per heavy atom. The molecule has 2 aromatic carbocycles. The number of anilines is 1. The number of hydrogen-bond acceptors (Lipinski definition) is 1. The maximum Gasteiger partial charge on any atom is 0.416 e. The second-order valence-corrected chi connectivity index (χ2v) is 5.52. The topological polar surface area (TPSA) is 12.0 Å². The minimum Gasteiger partial charge on any atom is -0.381 e. The molecule has 0 saturated heterocycles. The van der Waals surface area contributed by atoms with Gasteiger partial charge >= 0.3 is 6.18 Å². The SMILES string of the molecule is Cc1ccc(NCc2cc(F)cc(C(F)(F)F)c2)cc1Br. The van der Waals surface area contributed by atoms with Crippen LogP contribution in [-0.4, -0.2) is 0 Å². The molecule has 2 aromatic rings. The van der Waals surface area contributed by atoms with Gasteiger partial charge in [-0.2, -0.15) is 13.2 Å². The van der Waals surface area contributed by atoms with Crippen LogP contribution in [0, 0.1) is 12.7 Å². The van der Waals surface area contributed by atoms with Crippen LogP contribution in [-0.2, 0) is 12.7 Å². The Balaban J connectivity index is 2.16. The summed E-state index contributed by atoms with van der Waals surface area (Å²) in [5.41, 5.74) is 1.04. The Labute approximate surface area is 128 Å². The van der Waals surface area contributed by atoms with Gasteiger partial charge in [-0.1, -0.05) is 22.0 Å². The van der Waals surface area contributed by atoms with Crippen LogP contribution in [0.15, 0.2) is 40.9 Å². The minimum atomic E-state index is -4.55. The molecule has 21 heavy (non-hydrogen) atoms. The van der Waals surface area contributed by atoms with Gasteiger partial charge in [0.05, 0.1) is 5.56 Å². The first-order valence-electron chi connectivity index (χ1n) is 6.12. The van der Waals surface area contributed by atoms with Crippen molar-refractivity contribution in [2.75, 3.05) is 5.32 Å². The summed E-state index contributed by atoms with van der Waals surface area (Å²) in [6.07, 6.45) is -4.55. The lowest BCUT2D eigenvalue weighted by Gasteiger charge is -2.11. The van der Waals surface area contributed by atoms with Gasteiger partial charge in [0.15, 0.2) is 0 Å². The van der Waals surface area contributed by atoms with Crippen molar-refractivity contribution in [3.63, 3.8) is 0 Å². The second kappa shape index (κ2) is 6.05. The van der Waals surface area contributed by atoms with Crippen molar-refractivity contribution in [1.82, 2.24) is 0 Å². The third-order valence-corrected chi connectivity index (χ3v) is 3.81. The van der Waals surface area contributed by atoms with Gasteiger partial charge in [-0.3, -0.25) is 0 Å². The molecule has 0 fully saturated rings. The molecule has 0 heterocycles. The molecule has 1 N–H and O–H groups in total. The zero-order valence-corrected chi connectivity index (χ0v) is 12.6. The summed E-state index contributed by atoms with van der Waals surface area (Å²) in [6, 6.07) is 8.03. The molecule has 0 aromatic heterocycles. The number of alkyl halides is 3. The van der Waals surface area contributed by atoms with Crippen LogP contribution >= 0.6 is 15.9 Å². The Kier molecular flexibility index (Phi) is 4.56. The van der Waals surface area contributed by atoms with E-state index >= 15 is 0 Å². The molecule has 0 spiro atoms. The lowest BCUT2D eigenvalue weighted by atomic mass is 10.1. The third kappa shape index (κ3) is 4.20. The van der Waals surface area contributed by atoms with Gasteiger partial charge in [-0.25, -0.2) is 4.39 Å². The highest BCUT2D eigenvalue weighted by Crippen LogP contribution is 2.30. The van der Waals surface area contributed by atoms with Gasteiger partial charge < -0.3 is 5.32 Å². The smallest absolute Gasteiger partial charge is 0.381 e. The summed E-state index contributed by atoms with van der Waals surface area (Å²) in [4.78, 5) is 0. The van der Waals surface area contributed by atoms with E-state index in [1.165, 1.54) is 0 Å². The highest BCUT2D eigenvalue weighted by Gasteiger charge is 2.31. The van der Waals surface area contributed by atoms with Gasteiger partial charge in [-0.15, -0.1) is 0 Å². The minimum absolute atomic E-state index is 0.107. The molecule has 2 rings (SSSR count). The Morgan fingerprint density at radius 1 is 1.10 bits per heavy atom. The maximum absolute atomic E-state index is 13.3. The van der Waals surface area contributed by atoms with Crippen LogP contribution < -0.4 is 5.32 Å². The van der Waals surface area contributed by atoms with Crippen molar-refractivity contribution in [1.29, 1.82) is 0 Å². The van der Waals surface area contributed by atoms with Crippen LogP contribution in [0.2, 0.25) is 0 Å². The van der Waals surface area contributed by atoms with Gasteiger partial charge in [0, 0.05) is 16.7 Å². The van der Waals surface area contributed by atoms with E-state index in [1.807, 2.05) is 25.1 Å². The fourth-order valence-electron chi connectivity index (χ4n) is 1.82. The molecule has 0 radical (unpaired) electrons. The summed E-state index contributed by atoms with van der Waals surface area (Å²) in [7, 11) is 0. The largest absolute Gasteiger partial charge is 0.416 e. The maximum atomic E-state index is 13.3. The average Bonchev–Trinajstić information content (AvgIpc) is 2.38. The molecular formula is C15H12BrF4N. The quantitative estimate of drug-likeness (QED) is 0.709. The van der Waals surface area contributed by atoms with E-state index in [2.05, 4.69) is 21.2 Å². The fourth-order valence-corrected chi connectivity index (χ4v) is 2.20. The van der Waals surface area contributed by atoms with E-state index in [-0.39, 0.29) is 12.1 Å². The summed E-state index contributed by atoms with van der Waals surface area (Å²) in [6.45, 7) is 2.03. The molecule has 0 aliphatic rings. The van der Waals surface area contributed by atoms with Crippen molar-refractivity contribution in [3.8, 4) is 0 Å². The highest BCUT2D eigenvalue weighted by molar-refractivity contribution is 9.10. The van der Waals surface area contributed by atoms with E-state index in [0.717, 1.165) is 27.9 Å². The number of hydrogen-bond donors (Lipinski definition) is 1. The molecule has 1 nitrogen and oxygen atoms in total. The summed E-state index contributed by atoms with van der Waals surface area (Å²) >= 11 is 3.37. The zero-order valence-electron chi connectivity index (χ0n) is 11.1. The van der Waals surface area contributed by atoms with E-state index in [1.54, 1.807) is 0 Å². The Hall–Kier alpha value is -1.56. The fraction of sp³-hybridized carbons (Fsp3) is 0.200. The Morgan fingerprint density at radius 2 is 1.81 bits per heavy atom.